The minimum absolute atomic E-state index is 0.0729. The summed E-state index contributed by atoms with van der Waals surface area (Å²) in [7, 11) is 0. The first-order chi connectivity index (χ1) is 16.9. The molecule has 3 amide bonds. The van der Waals surface area contributed by atoms with Crippen LogP contribution in [0.2, 0.25) is 5.02 Å². The number of benzene rings is 3. The van der Waals surface area contributed by atoms with E-state index in [1.807, 2.05) is 30.3 Å². The summed E-state index contributed by atoms with van der Waals surface area (Å²) in [5, 5.41) is 4.72. The fourth-order valence-electron chi connectivity index (χ4n) is 3.73. The van der Waals surface area contributed by atoms with Crippen LogP contribution in [0.25, 0.3) is 0 Å². The topological polar surface area (TPSA) is 81.8 Å². The zero-order valence-electron chi connectivity index (χ0n) is 18.7. The number of thiocarbonyl (C=S) groups is 1. The molecule has 1 saturated heterocycles. The average Bonchev–Trinajstić information content (AvgIpc) is 3.09. The monoisotopic (exact) mass is 506 g/mol. The number of nitrogens with one attached hydrogen (secondary N) is 2. The minimum atomic E-state index is -0.998. The van der Waals surface area contributed by atoms with Gasteiger partial charge in [-0.2, -0.15) is 0 Å². The first-order valence-electron chi connectivity index (χ1n) is 11.0. The summed E-state index contributed by atoms with van der Waals surface area (Å²) in [6.07, 6.45) is 0.488. The van der Waals surface area contributed by atoms with E-state index < -0.39 is 17.9 Å². The molecule has 0 radical (unpaired) electrons. The van der Waals surface area contributed by atoms with Gasteiger partial charge in [0.05, 0.1) is 12.1 Å². The second-order valence-electron chi connectivity index (χ2n) is 7.92. The van der Waals surface area contributed by atoms with Crippen LogP contribution in [0, 0.1) is 0 Å². The molecule has 0 spiro atoms. The molecule has 1 heterocycles. The van der Waals surface area contributed by atoms with Crippen molar-refractivity contribution in [2.24, 2.45) is 0 Å². The number of hydrazine groups is 1. The molecule has 7 nitrogen and oxygen atoms in total. The van der Waals surface area contributed by atoms with Gasteiger partial charge >= 0.3 is 0 Å². The first kappa shape index (κ1) is 24.4. The molecule has 0 aliphatic carbocycles. The molecule has 0 bridgehead atoms. The molecule has 1 fully saturated rings. The molecule has 2 N–H and O–H groups in total. The number of anilines is 1. The number of hydrogen-bond acceptors (Lipinski definition) is 4. The Kier molecular flexibility index (Phi) is 7.74. The summed E-state index contributed by atoms with van der Waals surface area (Å²) in [5.74, 6) is -1.17. The van der Waals surface area contributed by atoms with E-state index in [2.05, 4.69) is 10.7 Å². The zero-order chi connectivity index (χ0) is 24.8. The molecule has 1 aliphatic rings. The average molecular weight is 507 g/mol. The Labute approximate surface area is 213 Å². The van der Waals surface area contributed by atoms with E-state index in [-0.39, 0.29) is 17.4 Å². The van der Waals surface area contributed by atoms with E-state index >= 15 is 0 Å². The number of halogens is 1. The van der Waals surface area contributed by atoms with Crippen molar-refractivity contribution in [2.75, 3.05) is 11.4 Å². The minimum Gasteiger partial charge on any atom is -0.356 e. The molecule has 3 aromatic rings. The van der Waals surface area contributed by atoms with Crippen LogP contribution in [-0.2, 0) is 16.0 Å². The molecule has 0 aromatic heterocycles. The van der Waals surface area contributed by atoms with E-state index in [0.29, 0.717) is 29.2 Å². The van der Waals surface area contributed by atoms with Gasteiger partial charge in [0.15, 0.2) is 0 Å². The molecule has 1 atom stereocenters. The van der Waals surface area contributed by atoms with Crippen LogP contribution in [-0.4, -0.2) is 40.4 Å². The van der Waals surface area contributed by atoms with Crippen molar-refractivity contribution in [3.8, 4) is 0 Å². The van der Waals surface area contributed by atoms with E-state index in [1.165, 1.54) is 9.91 Å². The molecule has 178 valence electrons. The van der Waals surface area contributed by atoms with Crippen LogP contribution < -0.4 is 15.6 Å². The normalized spacial score (nSPS) is 15.3. The Balaban J connectivity index is 1.50. The van der Waals surface area contributed by atoms with Crippen LogP contribution >= 0.6 is 23.8 Å². The molecule has 0 saturated carbocycles. The Hall–Kier alpha value is -3.75. The molecule has 1 unspecified atom stereocenters. The lowest BCUT2D eigenvalue weighted by Crippen LogP contribution is -2.50. The third-order valence-corrected chi connectivity index (χ3v) is 6.15. The summed E-state index contributed by atoms with van der Waals surface area (Å²) in [4.78, 5) is 40.3. The van der Waals surface area contributed by atoms with E-state index in [1.54, 1.807) is 54.6 Å². The second kappa shape index (κ2) is 11.1. The number of rotatable bonds is 8. The highest BCUT2D eigenvalue weighted by atomic mass is 35.5. The fraction of sp³-hybridized carbons (Fsp3) is 0.154. The number of carbonyl (C=O) groups excluding carboxylic acids is 3. The third kappa shape index (κ3) is 5.85. The van der Waals surface area contributed by atoms with Gasteiger partial charge < -0.3 is 5.32 Å². The lowest BCUT2D eigenvalue weighted by atomic mass is 10.1. The van der Waals surface area contributed by atoms with Crippen molar-refractivity contribution in [1.29, 1.82) is 0 Å². The van der Waals surface area contributed by atoms with Gasteiger partial charge in [-0.15, -0.1) is 0 Å². The third-order valence-electron chi connectivity index (χ3n) is 5.51. The van der Waals surface area contributed by atoms with Gasteiger partial charge in [-0.05, 0) is 60.6 Å². The number of nitrogens with zero attached hydrogens (tertiary/aromatic N) is 2. The molecule has 9 heteroatoms. The lowest BCUT2D eigenvalue weighted by Gasteiger charge is -2.24. The van der Waals surface area contributed by atoms with Crippen LogP contribution in [0.5, 0.6) is 0 Å². The summed E-state index contributed by atoms with van der Waals surface area (Å²) < 4.78 is 0. The highest BCUT2D eigenvalue weighted by Gasteiger charge is 2.45. The maximum Gasteiger partial charge on any atom is 0.269 e. The van der Waals surface area contributed by atoms with Crippen molar-refractivity contribution < 1.29 is 14.4 Å². The highest BCUT2D eigenvalue weighted by Crippen LogP contribution is 2.27. The molecule has 35 heavy (non-hydrogen) atoms. The van der Waals surface area contributed by atoms with Gasteiger partial charge in [0.1, 0.15) is 6.04 Å². The molecule has 1 aliphatic heterocycles. The predicted molar refractivity (Wildman–Crippen MR) is 139 cm³/mol. The van der Waals surface area contributed by atoms with Gasteiger partial charge in [0.2, 0.25) is 11.0 Å². The number of carbonyl (C=O) groups is 3. The highest BCUT2D eigenvalue weighted by molar-refractivity contribution is 7.80. The Morgan fingerprint density at radius 1 is 0.914 bits per heavy atom. The van der Waals surface area contributed by atoms with Crippen LogP contribution in [0.1, 0.15) is 22.3 Å². The lowest BCUT2D eigenvalue weighted by molar-refractivity contribution is -0.127. The summed E-state index contributed by atoms with van der Waals surface area (Å²) >= 11 is 11.5. The smallest absolute Gasteiger partial charge is 0.269 e. The van der Waals surface area contributed by atoms with Crippen LogP contribution in [0.3, 0.4) is 0 Å². The summed E-state index contributed by atoms with van der Waals surface area (Å²) in [6.45, 7) is 0.422. The van der Waals surface area contributed by atoms with Crippen molar-refractivity contribution >= 4 is 52.3 Å². The Bertz CT molecular complexity index is 1220. The fourth-order valence-corrected chi connectivity index (χ4v) is 4.22. The van der Waals surface area contributed by atoms with Gasteiger partial charge in [0, 0.05) is 17.1 Å². The Morgan fingerprint density at radius 2 is 1.54 bits per heavy atom. The van der Waals surface area contributed by atoms with E-state index in [9.17, 15) is 14.4 Å². The maximum absolute atomic E-state index is 13.4. The standard InChI is InChI=1S/C26H23ClN4O3S/c27-20-11-13-21(14-12-20)30-25(34)22(17-23(32)28-16-15-18-7-3-1-4-8-18)31(26(30)35)29-24(33)19-9-5-2-6-10-19/h1-14,22H,15-17H2,(H,28,32)(H,29,33). The summed E-state index contributed by atoms with van der Waals surface area (Å²) in [6, 6.07) is 23.9. The zero-order valence-corrected chi connectivity index (χ0v) is 20.3. The number of amides is 3. The number of hydrogen-bond donors (Lipinski definition) is 2. The van der Waals surface area contributed by atoms with Gasteiger partial charge in [-0.1, -0.05) is 60.1 Å². The quantitative estimate of drug-likeness (QED) is 0.455. The Morgan fingerprint density at radius 3 is 2.20 bits per heavy atom. The van der Waals surface area contributed by atoms with Crippen molar-refractivity contribution in [3.63, 3.8) is 0 Å². The molecule has 4 rings (SSSR count). The largest absolute Gasteiger partial charge is 0.356 e. The van der Waals surface area contributed by atoms with Crippen LogP contribution in [0.4, 0.5) is 5.69 Å². The van der Waals surface area contributed by atoms with E-state index in [0.717, 1.165) is 5.56 Å². The SMILES string of the molecule is O=C(CC1C(=O)N(c2ccc(Cl)cc2)C(=S)N1NC(=O)c1ccccc1)NCCc1ccccc1. The molecular weight excluding hydrogens is 484 g/mol. The maximum atomic E-state index is 13.4. The van der Waals surface area contributed by atoms with Gasteiger partial charge in [0.25, 0.3) is 11.8 Å². The van der Waals surface area contributed by atoms with Gasteiger partial charge in [-0.25, -0.2) is 5.01 Å². The molecule has 3 aromatic carbocycles. The van der Waals surface area contributed by atoms with Gasteiger partial charge in [-0.3, -0.25) is 24.7 Å². The van der Waals surface area contributed by atoms with E-state index in [4.69, 9.17) is 23.8 Å². The van der Waals surface area contributed by atoms with Crippen molar-refractivity contribution in [1.82, 2.24) is 15.8 Å². The van der Waals surface area contributed by atoms with Crippen LogP contribution in [0.15, 0.2) is 84.9 Å². The molecular formula is C26H23ClN4O3S. The summed E-state index contributed by atoms with van der Waals surface area (Å²) in [5.41, 5.74) is 4.70. The predicted octanol–water partition coefficient (Wildman–Crippen LogP) is 3.74. The second-order valence-corrected chi connectivity index (χ2v) is 8.72. The van der Waals surface area contributed by atoms with Crippen molar-refractivity contribution in [3.05, 3.63) is 101 Å². The van der Waals surface area contributed by atoms with Crippen molar-refractivity contribution in [2.45, 2.75) is 18.9 Å². The first-order valence-corrected chi connectivity index (χ1v) is 11.8.